The van der Waals surface area contributed by atoms with Crippen molar-refractivity contribution < 1.29 is 13.5 Å². The van der Waals surface area contributed by atoms with E-state index in [-0.39, 0.29) is 0 Å². The maximum atomic E-state index is 11.9. The molecule has 1 N–H and O–H groups in total. The van der Waals surface area contributed by atoms with Gasteiger partial charge in [-0.15, -0.1) is 0 Å². The maximum Gasteiger partial charge on any atom is 0.123 e. The van der Waals surface area contributed by atoms with Crippen LogP contribution in [0, 0.1) is 17.0 Å². The summed E-state index contributed by atoms with van der Waals surface area (Å²) in [7, 11) is 2.06. The molecule has 4 rings (SSSR count). The lowest BCUT2D eigenvalue weighted by Crippen LogP contribution is -2.52. The Balaban J connectivity index is 0.000000269. The monoisotopic (exact) mass is 441 g/mol. The summed E-state index contributed by atoms with van der Waals surface area (Å²) in [5, 5.41) is 4.10. The molecule has 2 unspecified atom stereocenters. The number of ether oxygens (including phenoxy) is 1. The lowest BCUT2D eigenvalue weighted by Gasteiger charge is -2.44. The van der Waals surface area contributed by atoms with E-state index in [9.17, 15) is 8.78 Å². The predicted octanol–water partition coefficient (Wildman–Crippen LogP) is 4.17. The van der Waals surface area contributed by atoms with E-state index in [0.29, 0.717) is 22.7 Å². The number of hydrogen-bond acceptors (Lipinski definition) is 5. The van der Waals surface area contributed by atoms with Gasteiger partial charge < -0.3 is 10.1 Å². The third-order valence-electron chi connectivity index (χ3n) is 6.54. The number of likely N-dealkylation sites (N-methyl/N-ethyl adjacent to an activating group) is 1. The largest absolute Gasteiger partial charge is 0.378 e. The van der Waals surface area contributed by atoms with Gasteiger partial charge in [-0.1, -0.05) is 25.8 Å². The highest BCUT2D eigenvalue weighted by atomic mass is 32.2. The van der Waals surface area contributed by atoms with Gasteiger partial charge in [0.2, 0.25) is 0 Å². The summed E-state index contributed by atoms with van der Waals surface area (Å²) in [6.45, 7) is 11.6. The number of benzene rings is 1. The summed E-state index contributed by atoms with van der Waals surface area (Å²) in [4.78, 5) is 2.70. The molecular weight excluding hydrogens is 404 g/mol. The molecule has 3 fully saturated rings. The molecule has 0 amide bonds. The molecule has 0 aliphatic carbocycles. The lowest BCUT2D eigenvalue weighted by atomic mass is 9.77. The second kappa shape index (κ2) is 11.2. The summed E-state index contributed by atoms with van der Waals surface area (Å²) in [5.74, 6) is -0.821. The maximum absolute atomic E-state index is 11.9. The summed E-state index contributed by atoms with van der Waals surface area (Å²) in [6, 6.07) is 5.49. The molecule has 2 atom stereocenters. The average Bonchev–Trinajstić information content (AvgIpc) is 3.12. The fraction of sp³-hybridized carbons (Fsp3) is 0.739. The Labute approximate surface area is 184 Å². The quantitative estimate of drug-likeness (QED) is 0.708. The normalized spacial score (nSPS) is 27.3. The smallest absolute Gasteiger partial charge is 0.123 e. The molecule has 0 aromatic heterocycles. The molecule has 0 radical (unpaired) electrons. The number of nitrogens with zero attached hydrogens (tertiary/aromatic N) is 2. The van der Waals surface area contributed by atoms with Gasteiger partial charge in [-0.2, -0.15) is 0 Å². The molecule has 3 aliphatic heterocycles. The molecule has 1 aromatic carbocycles. The summed E-state index contributed by atoms with van der Waals surface area (Å²) in [5.41, 5.74) is 0.607. The zero-order chi connectivity index (χ0) is 21.6. The molecule has 30 heavy (non-hydrogen) atoms. The lowest BCUT2D eigenvalue weighted by molar-refractivity contribution is -0.0198. The van der Waals surface area contributed by atoms with Crippen molar-refractivity contribution >= 4 is 11.9 Å². The minimum absolute atomic E-state index is 0.411. The molecule has 4 nitrogen and oxygen atoms in total. The van der Waals surface area contributed by atoms with Crippen LogP contribution in [0.1, 0.15) is 39.5 Å². The van der Waals surface area contributed by atoms with Crippen LogP contribution in [0.2, 0.25) is 0 Å². The van der Waals surface area contributed by atoms with E-state index in [1.165, 1.54) is 51.9 Å². The zero-order valence-corrected chi connectivity index (χ0v) is 19.4. The highest BCUT2D eigenvalue weighted by molar-refractivity contribution is 7.97. The van der Waals surface area contributed by atoms with E-state index in [1.807, 2.05) is 0 Å². The Morgan fingerprint density at radius 2 is 1.63 bits per heavy atom. The fourth-order valence-electron chi connectivity index (χ4n) is 4.75. The second-order valence-electron chi connectivity index (χ2n) is 9.15. The van der Waals surface area contributed by atoms with Gasteiger partial charge in [-0.3, -0.25) is 4.90 Å². The van der Waals surface area contributed by atoms with Gasteiger partial charge in [0.1, 0.15) is 11.6 Å². The van der Waals surface area contributed by atoms with Crippen LogP contribution >= 0.6 is 11.9 Å². The average molecular weight is 442 g/mol. The van der Waals surface area contributed by atoms with Crippen LogP contribution in [0.4, 0.5) is 8.78 Å². The van der Waals surface area contributed by atoms with Crippen molar-refractivity contribution in [1.29, 1.82) is 0 Å². The molecule has 1 aromatic rings. The number of rotatable bonds is 4. The number of piperidine rings is 1. The fourth-order valence-corrected chi connectivity index (χ4v) is 5.89. The summed E-state index contributed by atoms with van der Waals surface area (Å²) >= 11 is 2.05. The third kappa shape index (κ3) is 6.89. The first-order valence-electron chi connectivity index (χ1n) is 11.2. The Morgan fingerprint density at radius 1 is 1.03 bits per heavy atom. The second-order valence-corrected chi connectivity index (χ2v) is 10.8. The number of hydrogen-bond donors (Lipinski definition) is 1. The van der Waals surface area contributed by atoms with Crippen LogP contribution in [0.25, 0.3) is 0 Å². The van der Waals surface area contributed by atoms with E-state index < -0.39 is 11.6 Å². The molecule has 1 spiro atoms. The topological polar surface area (TPSA) is 27.7 Å². The molecule has 7 heteroatoms. The van der Waals surface area contributed by atoms with E-state index in [1.54, 1.807) is 0 Å². The molecular formula is C23H37F2N3OS. The molecule has 0 saturated carbocycles. The van der Waals surface area contributed by atoms with Gasteiger partial charge in [0.05, 0.1) is 13.2 Å². The Hall–Kier alpha value is -0.730. The van der Waals surface area contributed by atoms with Crippen LogP contribution in [0.15, 0.2) is 24.3 Å². The van der Waals surface area contributed by atoms with Crippen molar-refractivity contribution in [1.82, 2.24) is 14.5 Å². The predicted molar refractivity (Wildman–Crippen MR) is 121 cm³/mol. The third-order valence-corrected chi connectivity index (χ3v) is 7.57. The number of halogens is 2. The van der Waals surface area contributed by atoms with Crippen molar-refractivity contribution in [2.45, 2.75) is 56.9 Å². The van der Waals surface area contributed by atoms with Crippen molar-refractivity contribution in [3.8, 4) is 0 Å². The van der Waals surface area contributed by atoms with Crippen LogP contribution in [0.5, 0.6) is 0 Å². The van der Waals surface area contributed by atoms with Crippen LogP contribution in [-0.2, 0) is 4.74 Å². The minimum Gasteiger partial charge on any atom is -0.378 e. The molecule has 3 saturated heterocycles. The molecule has 3 aliphatic rings. The van der Waals surface area contributed by atoms with Crippen molar-refractivity contribution in [2.24, 2.45) is 5.41 Å². The highest BCUT2D eigenvalue weighted by Gasteiger charge is 2.42. The SMILES string of the molecule is CNC1COCC(N2CCC3(CCN(SC(C)C)C3)CC2)C1.Fc1ccc(F)cc1. The van der Waals surface area contributed by atoms with Gasteiger partial charge in [0.25, 0.3) is 0 Å². The van der Waals surface area contributed by atoms with Gasteiger partial charge in [0.15, 0.2) is 0 Å². The van der Waals surface area contributed by atoms with Gasteiger partial charge in [-0.25, -0.2) is 13.1 Å². The van der Waals surface area contributed by atoms with Gasteiger partial charge in [0, 0.05) is 30.4 Å². The first kappa shape index (κ1) is 23.9. The standard InChI is InChI=1S/C17H33N3OS.C6H4F2/c1-14(2)22-20-9-6-17(13-20)4-7-19(8-5-17)16-10-15(18-3)11-21-12-16;7-5-1-2-6(8)4-3-5/h14-16,18H,4-13H2,1-3H3;1-4H. The number of nitrogens with one attached hydrogen (secondary N) is 1. The van der Waals surface area contributed by atoms with E-state index in [0.717, 1.165) is 37.5 Å². The Bertz CT molecular complexity index is 617. The Kier molecular flexibility index (Phi) is 8.95. The molecule has 170 valence electrons. The van der Waals surface area contributed by atoms with Crippen molar-refractivity contribution in [2.75, 3.05) is 46.4 Å². The molecule has 3 heterocycles. The van der Waals surface area contributed by atoms with Crippen LogP contribution in [-0.4, -0.2) is 73.0 Å². The molecule has 0 bridgehead atoms. The first-order chi connectivity index (χ1) is 14.4. The zero-order valence-electron chi connectivity index (χ0n) is 18.6. The van der Waals surface area contributed by atoms with Crippen molar-refractivity contribution in [3.05, 3.63) is 35.9 Å². The number of likely N-dealkylation sites (tertiary alicyclic amines) is 1. The first-order valence-corrected chi connectivity index (χ1v) is 12.0. The van der Waals surface area contributed by atoms with Crippen LogP contribution < -0.4 is 5.32 Å². The van der Waals surface area contributed by atoms with E-state index in [2.05, 4.69) is 47.4 Å². The van der Waals surface area contributed by atoms with Crippen LogP contribution in [0.3, 0.4) is 0 Å². The minimum atomic E-state index is -0.411. The van der Waals surface area contributed by atoms with Gasteiger partial charge >= 0.3 is 0 Å². The van der Waals surface area contributed by atoms with Crippen molar-refractivity contribution in [3.63, 3.8) is 0 Å². The summed E-state index contributed by atoms with van der Waals surface area (Å²) in [6.07, 6.45) is 5.41. The highest BCUT2D eigenvalue weighted by Crippen LogP contribution is 2.43. The Morgan fingerprint density at radius 3 is 2.20 bits per heavy atom. The summed E-state index contributed by atoms with van der Waals surface area (Å²) < 4.78 is 32.3. The van der Waals surface area contributed by atoms with E-state index in [4.69, 9.17) is 4.74 Å². The van der Waals surface area contributed by atoms with E-state index >= 15 is 0 Å². The van der Waals surface area contributed by atoms with Gasteiger partial charge in [-0.05, 0) is 75.5 Å².